The lowest BCUT2D eigenvalue weighted by Gasteiger charge is -2.12. The summed E-state index contributed by atoms with van der Waals surface area (Å²) in [5.74, 6) is 0. The molecule has 1 unspecified atom stereocenters. The highest BCUT2D eigenvalue weighted by Crippen LogP contribution is 2.13. The molecule has 1 rings (SSSR count). The molecule has 1 aromatic rings. The van der Waals surface area contributed by atoms with Crippen molar-refractivity contribution >= 4 is 11.4 Å². The van der Waals surface area contributed by atoms with Gasteiger partial charge in [0.25, 0.3) is 0 Å². The van der Waals surface area contributed by atoms with Crippen LogP contribution in [-0.4, -0.2) is 19.1 Å². The predicted molar refractivity (Wildman–Crippen MR) is 67.4 cm³/mol. The number of anilines is 2. The number of hydrogen-bond donors (Lipinski definition) is 3. The Morgan fingerprint density at radius 3 is 2.07 bits per heavy atom. The lowest BCUT2D eigenvalue weighted by atomic mass is 10.2. The molecule has 0 bridgehead atoms. The first-order chi connectivity index (χ1) is 7.26. The molecule has 3 heteroatoms. The predicted octanol–water partition coefficient (Wildman–Crippen LogP) is 2.27. The SMILES string of the molecule is CCNc1ccc(NCC(N)CC)cc1. The van der Waals surface area contributed by atoms with Gasteiger partial charge in [-0.2, -0.15) is 0 Å². The largest absolute Gasteiger partial charge is 0.385 e. The second-order valence-electron chi connectivity index (χ2n) is 3.66. The molecule has 0 saturated heterocycles. The van der Waals surface area contributed by atoms with E-state index in [0.717, 1.165) is 30.9 Å². The van der Waals surface area contributed by atoms with E-state index in [9.17, 15) is 0 Å². The molecule has 0 fully saturated rings. The second kappa shape index (κ2) is 6.30. The van der Waals surface area contributed by atoms with Crippen molar-refractivity contribution in [1.82, 2.24) is 0 Å². The number of hydrogen-bond acceptors (Lipinski definition) is 3. The lowest BCUT2D eigenvalue weighted by molar-refractivity contribution is 0.679. The van der Waals surface area contributed by atoms with E-state index in [2.05, 4.69) is 48.7 Å². The average Bonchev–Trinajstić information content (AvgIpc) is 2.28. The molecule has 0 amide bonds. The fourth-order valence-corrected chi connectivity index (χ4v) is 1.30. The molecule has 0 heterocycles. The monoisotopic (exact) mass is 207 g/mol. The number of nitrogens with two attached hydrogens (primary N) is 1. The highest BCUT2D eigenvalue weighted by Gasteiger charge is 1.98. The van der Waals surface area contributed by atoms with Gasteiger partial charge in [0.05, 0.1) is 0 Å². The Balaban J connectivity index is 2.42. The van der Waals surface area contributed by atoms with Gasteiger partial charge in [-0.15, -0.1) is 0 Å². The van der Waals surface area contributed by atoms with Gasteiger partial charge in [-0.05, 0) is 37.6 Å². The van der Waals surface area contributed by atoms with Crippen LogP contribution in [0.5, 0.6) is 0 Å². The van der Waals surface area contributed by atoms with Crippen molar-refractivity contribution in [2.45, 2.75) is 26.3 Å². The summed E-state index contributed by atoms with van der Waals surface area (Å²) in [5, 5.41) is 6.57. The fourth-order valence-electron chi connectivity index (χ4n) is 1.30. The van der Waals surface area contributed by atoms with Crippen LogP contribution in [0.3, 0.4) is 0 Å². The van der Waals surface area contributed by atoms with Crippen LogP contribution in [0, 0.1) is 0 Å². The van der Waals surface area contributed by atoms with Gasteiger partial charge in [0.1, 0.15) is 0 Å². The zero-order chi connectivity index (χ0) is 11.1. The smallest absolute Gasteiger partial charge is 0.0342 e. The Hall–Kier alpha value is -1.22. The van der Waals surface area contributed by atoms with E-state index in [1.807, 2.05) is 0 Å². The van der Waals surface area contributed by atoms with Gasteiger partial charge in [-0.1, -0.05) is 6.92 Å². The van der Waals surface area contributed by atoms with Gasteiger partial charge in [0.15, 0.2) is 0 Å². The summed E-state index contributed by atoms with van der Waals surface area (Å²) in [6.07, 6.45) is 1.00. The maximum absolute atomic E-state index is 5.82. The third-order valence-electron chi connectivity index (χ3n) is 2.36. The maximum Gasteiger partial charge on any atom is 0.0342 e. The van der Waals surface area contributed by atoms with E-state index in [4.69, 9.17) is 5.73 Å². The Labute approximate surface area is 92.1 Å². The molecule has 0 aliphatic carbocycles. The van der Waals surface area contributed by atoms with Crippen LogP contribution in [-0.2, 0) is 0 Å². The Morgan fingerprint density at radius 2 is 1.60 bits per heavy atom. The quantitative estimate of drug-likeness (QED) is 0.670. The molecule has 3 nitrogen and oxygen atoms in total. The van der Waals surface area contributed by atoms with E-state index in [0.29, 0.717) is 0 Å². The minimum Gasteiger partial charge on any atom is -0.385 e. The lowest BCUT2D eigenvalue weighted by Crippen LogP contribution is -2.27. The molecule has 0 radical (unpaired) electrons. The van der Waals surface area contributed by atoms with Crippen LogP contribution in [0.15, 0.2) is 24.3 Å². The van der Waals surface area contributed by atoms with Gasteiger partial charge in [-0.25, -0.2) is 0 Å². The molecule has 4 N–H and O–H groups in total. The zero-order valence-corrected chi connectivity index (χ0v) is 9.59. The molecule has 1 aromatic carbocycles. The Morgan fingerprint density at radius 1 is 1.07 bits per heavy atom. The van der Waals surface area contributed by atoms with Gasteiger partial charge in [-0.3, -0.25) is 0 Å². The fraction of sp³-hybridized carbons (Fsp3) is 0.500. The topological polar surface area (TPSA) is 50.1 Å². The van der Waals surface area contributed by atoms with Gasteiger partial charge >= 0.3 is 0 Å². The molecule has 0 aromatic heterocycles. The third kappa shape index (κ3) is 4.21. The summed E-state index contributed by atoms with van der Waals surface area (Å²) in [5.41, 5.74) is 8.10. The van der Waals surface area contributed by atoms with Crippen LogP contribution < -0.4 is 16.4 Å². The Kier molecular flexibility index (Phi) is 4.98. The number of rotatable bonds is 6. The van der Waals surface area contributed by atoms with Crippen molar-refractivity contribution < 1.29 is 0 Å². The number of benzene rings is 1. The van der Waals surface area contributed by atoms with Crippen molar-refractivity contribution in [3.63, 3.8) is 0 Å². The van der Waals surface area contributed by atoms with Crippen LogP contribution in [0.1, 0.15) is 20.3 Å². The highest BCUT2D eigenvalue weighted by atomic mass is 14.9. The van der Waals surface area contributed by atoms with Gasteiger partial charge in [0, 0.05) is 30.5 Å². The van der Waals surface area contributed by atoms with Crippen molar-refractivity contribution in [2.75, 3.05) is 23.7 Å². The first-order valence-electron chi connectivity index (χ1n) is 5.59. The second-order valence-corrected chi connectivity index (χ2v) is 3.66. The summed E-state index contributed by atoms with van der Waals surface area (Å²) in [7, 11) is 0. The highest BCUT2D eigenvalue weighted by molar-refractivity contribution is 5.53. The minimum atomic E-state index is 0.235. The van der Waals surface area contributed by atoms with Crippen molar-refractivity contribution in [3.8, 4) is 0 Å². The number of nitrogens with one attached hydrogen (secondary N) is 2. The van der Waals surface area contributed by atoms with Crippen molar-refractivity contribution in [1.29, 1.82) is 0 Å². The molecule has 0 saturated carbocycles. The van der Waals surface area contributed by atoms with Gasteiger partial charge < -0.3 is 16.4 Å². The minimum absolute atomic E-state index is 0.235. The van der Waals surface area contributed by atoms with E-state index < -0.39 is 0 Å². The molecular weight excluding hydrogens is 186 g/mol. The molecule has 0 aliphatic rings. The molecule has 0 aliphatic heterocycles. The van der Waals surface area contributed by atoms with Gasteiger partial charge in [0.2, 0.25) is 0 Å². The van der Waals surface area contributed by atoms with E-state index in [1.54, 1.807) is 0 Å². The molecule has 0 spiro atoms. The zero-order valence-electron chi connectivity index (χ0n) is 9.59. The van der Waals surface area contributed by atoms with Crippen molar-refractivity contribution in [2.24, 2.45) is 5.73 Å². The Bertz CT molecular complexity index is 269. The standard InChI is InChI=1S/C12H21N3/c1-3-10(13)9-15-12-7-5-11(6-8-12)14-4-2/h5-8,10,14-15H,3-4,9,13H2,1-2H3. The molecular formula is C12H21N3. The normalized spacial score (nSPS) is 12.2. The van der Waals surface area contributed by atoms with Crippen LogP contribution in [0.25, 0.3) is 0 Å². The van der Waals surface area contributed by atoms with E-state index in [-0.39, 0.29) is 6.04 Å². The van der Waals surface area contributed by atoms with Crippen LogP contribution in [0.4, 0.5) is 11.4 Å². The third-order valence-corrected chi connectivity index (χ3v) is 2.36. The summed E-state index contributed by atoms with van der Waals surface area (Å²) in [4.78, 5) is 0. The molecule has 84 valence electrons. The van der Waals surface area contributed by atoms with E-state index in [1.165, 1.54) is 0 Å². The first kappa shape index (κ1) is 11.9. The maximum atomic E-state index is 5.82. The average molecular weight is 207 g/mol. The van der Waals surface area contributed by atoms with Crippen LogP contribution in [0.2, 0.25) is 0 Å². The molecule has 15 heavy (non-hydrogen) atoms. The summed E-state index contributed by atoms with van der Waals surface area (Å²) in [6, 6.07) is 8.52. The van der Waals surface area contributed by atoms with Crippen molar-refractivity contribution in [3.05, 3.63) is 24.3 Å². The molecule has 1 atom stereocenters. The summed E-state index contributed by atoms with van der Waals surface area (Å²) < 4.78 is 0. The summed E-state index contributed by atoms with van der Waals surface area (Å²) >= 11 is 0. The van der Waals surface area contributed by atoms with E-state index >= 15 is 0 Å². The van der Waals surface area contributed by atoms with Crippen LogP contribution >= 0.6 is 0 Å². The first-order valence-corrected chi connectivity index (χ1v) is 5.59. The summed E-state index contributed by atoms with van der Waals surface area (Å²) in [6.45, 7) is 5.97.